The largest absolute Gasteiger partial charge is 0.343 e. The highest BCUT2D eigenvalue weighted by molar-refractivity contribution is 5.87. The average Bonchev–Trinajstić information content (AvgIpc) is 3.14. The minimum Gasteiger partial charge on any atom is -0.343 e. The van der Waals surface area contributed by atoms with Gasteiger partial charge in [-0.15, -0.1) is 0 Å². The molecule has 146 valence electrons. The molecule has 0 saturated heterocycles. The van der Waals surface area contributed by atoms with Crippen molar-refractivity contribution in [2.24, 2.45) is 0 Å². The molecule has 3 heterocycles. The summed E-state index contributed by atoms with van der Waals surface area (Å²) in [5, 5.41) is 0. The summed E-state index contributed by atoms with van der Waals surface area (Å²) < 4.78 is 0. The average molecular weight is 390 g/mol. The minimum atomic E-state index is 0.227. The Balaban J connectivity index is 1.49. The lowest BCUT2D eigenvalue weighted by Crippen LogP contribution is -2.51. The monoisotopic (exact) mass is 389 g/mol. The summed E-state index contributed by atoms with van der Waals surface area (Å²) in [6, 6.07) is 30.1. The van der Waals surface area contributed by atoms with Gasteiger partial charge in [-0.05, 0) is 54.5 Å². The van der Waals surface area contributed by atoms with E-state index in [4.69, 9.17) is 0 Å². The maximum absolute atomic E-state index is 2.51. The summed E-state index contributed by atoms with van der Waals surface area (Å²) in [4.78, 5) is 7.37. The fourth-order valence-electron chi connectivity index (χ4n) is 4.89. The van der Waals surface area contributed by atoms with Crippen LogP contribution in [0.2, 0.25) is 0 Å². The summed E-state index contributed by atoms with van der Waals surface area (Å²) in [7, 11) is 0. The molecule has 6 rings (SSSR count). The number of nitrogens with zero attached hydrogens (tertiary/aromatic N) is 3. The van der Waals surface area contributed by atoms with Crippen LogP contribution in [-0.4, -0.2) is 17.6 Å². The van der Waals surface area contributed by atoms with Crippen LogP contribution in [0.15, 0.2) is 115 Å². The van der Waals surface area contributed by atoms with E-state index < -0.39 is 0 Å². The topological polar surface area (TPSA) is 9.72 Å². The third-order valence-electron chi connectivity index (χ3n) is 6.27. The Labute approximate surface area is 177 Å². The van der Waals surface area contributed by atoms with Crippen molar-refractivity contribution >= 4 is 22.6 Å². The van der Waals surface area contributed by atoms with E-state index in [1.165, 1.54) is 39.6 Å². The maximum atomic E-state index is 2.51. The van der Waals surface area contributed by atoms with Crippen molar-refractivity contribution in [3.05, 3.63) is 120 Å². The van der Waals surface area contributed by atoms with E-state index in [0.29, 0.717) is 0 Å². The van der Waals surface area contributed by atoms with Crippen molar-refractivity contribution in [2.75, 3.05) is 16.3 Å². The van der Waals surface area contributed by atoms with Crippen molar-refractivity contribution in [3.63, 3.8) is 0 Å². The molecule has 3 aliphatic heterocycles. The van der Waals surface area contributed by atoms with E-state index >= 15 is 0 Å². The molecule has 3 heteroatoms. The number of hydrogen-bond donors (Lipinski definition) is 0. The molecule has 0 N–H and O–H groups in total. The Morgan fingerprint density at radius 1 is 0.733 bits per heavy atom. The number of rotatable bonds is 2. The van der Waals surface area contributed by atoms with Crippen molar-refractivity contribution in [1.82, 2.24) is 4.90 Å². The highest BCUT2D eigenvalue weighted by Crippen LogP contribution is 2.48. The molecule has 0 aromatic heterocycles. The first-order valence-electron chi connectivity index (χ1n) is 10.5. The molecule has 3 aromatic carbocycles. The maximum Gasteiger partial charge on any atom is 0.129 e. The highest BCUT2D eigenvalue weighted by Gasteiger charge is 2.42. The van der Waals surface area contributed by atoms with Gasteiger partial charge in [-0.3, -0.25) is 0 Å². The first-order valence-corrected chi connectivity index (χ1v) is 10.5. The van der Waals surface area contributed by atoms with Crippen LogP contribution < -0.4 is 9.80 Å². The van der Waals surface area contributed by atoms with Crippen LogP contribution in [0.3, 0.4) is 0 Å². The van der Waals surface area contributed by atoms with Gasteiger partial charge in [0.2, 0.25) is 0 Å². The minimum absolute atomic E-state index is 0.227. The van der Waals surface area contributed by atoms with E-state index in [1.807, 2.05) is 0 Å². The molecule has 0 spiro atoms. The van der Waals surface area contributed by atoms with Crippen LogP contribution >= 0.6 is 0 Å². The summed E-state index contributed by atoms with van der Waals surface area (Å²) >= 11 is 0. The van der Waals surface area contributed by atoms with Gasteiger partial charge in [-0.25, -0.2) is 0 Å². The highest BCUT2D eigenvalue weighted by atomic mass is 15.5. The van der Waals surface area contributed by atoms with Gasteiger partial charge in [-0.1, -0.05) is 60.7 Å². The van der Waals surface area contributed by atoms with E-state index in [1.54, 1.807) is 0 Å². The van der Waals surface area contributed by atoms with Gasteiger partial charge in [0, 0.05) is 17.6 Å². The summed E-state index contributed by atoms with van der Waals surface area (Å²) in [5.74, 6) is 0. The number of hydrogen-bond acceptors (Lipinski definition) is 3. The molecule has 0 radical (unpaired) electrons. The van der Waals surface area contributed by atoms with Gasteiger partial charge in [0.1, 0.15) is 6.17 Å². The molecule has 0 aliphatic carbocycles. The third-order valence-corrected chi connectivity index (χ3v) is 6.27. The lowest BCUT2D eigenvalue weighted by Gasteiger charge is -2.43. The van der Waals surface area contributed by atoms with Gasteiger partial charge in [0.15, 0.2) is 0 Å². The second-order valence-electron chi connectivity index (χ2n) is 7.95. The Kier molecular flexibility index (Phi) is 3.81. The molecule has 3 nitrogen and oxygen atoms in total. The number of para-hydroxylation sites is 3. The van der Waals surface area contributed by atoms with Crippen molar-refractivity contribution in [2.45, 2.75) is 13.1 Å². The number of benzene rings is 3. The Hall–Kier alpha value is -3.72. The standard InChI is InChI=1S/C27H23N3/c1-20-26-18-22(21-10-4-2-5-11-21)16-17-28(26)19-27-29(20)24-14-8-9-15-25(24)30(27)23-12-6-3-7-13-23/h2-18,27H,19H2,1H3/t27-/m1/s1. The first kappa shape index (κ1) is 17.2. The number of anilines is 3. The molecule has 0 saturated carbocycles. The molecule has 0 bridgehead atoms. The Morgan fingerprint density at radius 2 is 1.37 bits per heavy atom. The fourth-order valence-corrected chi connectivity index (χ4v) is 4.89. The smallest absolute Gasteiger partial charge is 0.129 e. The molecule has 3 aliphatic rings. The molecule has 0 amide bonds. The molecule has 1 atom stereocenters. The first-order chi connectivity index (χ1) is 14.8. The Morgan fingerprint density at radius 3 is 2.10 bits per heavy atom. The van der Waals surface area contributed by atoms with Crippen LogP contribution in [0.4, 0.5) is 17.1 Å². The molecular weight excluding hydrogens is 366 g/mol. The Bertz CT molecular complexity index is 1190. The molecule has 3 aromatic rings. The van der Waals surface area contributed by atoms with Crippen LogP contribution in [0.1, 0.15) is 12.5 Å². The van der Waals surface area contributed by atoms with Gasteiger partial charge < -0.3 is 14.7 Å². The fraction of sp³-hybridized carbons (Fsp3) is 0.111. The number of fused-ring (bicyclic) bond motifs is 4. The van der Waals surface area contributed by atoms with E-state index in [-0.39, 0.29) is 6.17 Å². The molecule has 30 heavy (non-hydrogen) atoms. The second-order valence-corrected chi connectivity index (χ2v) is 7.95. The second kappa shape index (κ2) is 6.67. The molecule has 0 fully saturated rings. The van der Waals surface area contributed by atoms with E-state index in [2.05, 4.69) is 125 Å². The predicted octanol–water partition coefficient (Wildman–Crippen LogP) is 6.13. The van der Waals surface area contributed by atoms with Gasteiger partial charge in [-0.2, -0.15) is 0 Å². The van der Waals surface area contributed by atoms with Gasteiger partial charge in [0.25, 0.3) is 0 Å². The van der Waals surface area contributed by atoms with Crippen LogP contribution in [0, 0.1) is 0 Å². The van der Waals surface area contributed by atoms with E-state index in [9.17, 15) is 0 Å². The van der Waals surface area contributed by atoms with E-state index in [0.717, 1.165) is 6.54 Å². The SMILES string of the molecule is CC1=C2C=C(c3ccccc3)C=CN2C[C@@H]2N1c1ccccc1N2c1ccccc1. The van der Waals surface area contributed by atoms with Crippen LogP contribution in [0.25, 0.3) is 5.57 Å². The summed E-state index contributed by atoms with van der Waals surface area (Å²) in [6.45, 7) is 3.16. The number of allylic oxidation sites excluding steroid dienone is 4. The van der Waals surface area contributed by atoms with Crippen LogP contribution in [-0.2, 0) is 0 Å². The molecule has 0 unspecified atom stereocenters. The lowest BCUT2D eigenvalue weighted by molar-refractivity contribution is 0.396. The zero-order chi connectivity index (χ0) is 20.1. The zero-order valence-corrected chi connectivity index (χ0v) is 16.9. The molecular formula is C27H23N3. The third kappa shape index (κ3) is 2.52. The lowest BCUT2D eigenvalue weighted by atomic mass is 10.00. The van der Waals surface area contributed by atoms with Crippen molar-refractivity contribution in [3.8, 4) is 0 Å². The summed E-state index contributed by atoms with van der Waals surface area (Å²) in [5.41, 5.74) is 8.85. The predicted molar refractivity (Wildman–Crippen MR) is 124 cm³/mol. The van der Waals surface area contributed by atoms with Crippen LogP contribution in [0.5, 0.6) is 0 Å². The van der Waals surface area contributed by atoms with Gasteiger partial charge >= 0.3 is 0 Å². The normalized spacial score (nSPS) is 19.4. The van der Waals surface area contributed by atoms with Crippen molar-refractivity contribution in [1.29, 1.82) is 0 Å². The van der Waals surface area contributed by atoms with Gasteiger partial charge in [0.05, 0.1) is 23.6 Å². The summed E-state index contributed by atoms with van der Waals surface area (Å²) in [6.07, 6.45) is 7.03. The zero-order valence-electron chi connectivity index (χ0n) is 16.9. The van der Waals surface area contributed by atoms with Crippen molar-refractivity contribution < 1.29 is 0 Å². The quantitative estimate of drug-likeness (QED) is 0.522.